The summed E-state index contributed by atoms with van der Waals surface area (Å²) in [6.45, 7) is 5.62. The van der Waals surface area contributed by atoms with Crippen LogP contribution in [-0.4, -0.2) is 56.8 Å². The Morgan fingerprint density at radius 3 is 1.24 bits per heavy atom. The lowest BCUT2D eigenvalue weighted by atomic mass is 10.0. The highest BCUT2D eigenvalue weighted by Gasteiger charge is 2.25. The maximum Gasteiger partial charge on any atom is 0.309 e. The van der Waals surface area contributed by atoms with Gasteiger partial charge in [0, 0.05) is 6.42 Å². The zero-order chi connectivity index (χ0) is 31.2. The smallest absolute Gasteiger partial charge is 0.309 e. The summed E-state index contributed by atoms with van der Waals surface area (Å²) in [7, 11) is 6.18. The molecule has 0 aromatic carbocycles. The Balaban J connectivity index is 3.89. The van der Waals surface area contributed by atoms with E-state index in [0.29, 0.717) is 24.1 Å². The molecule has 0 unspecified atom stereocenters. The molecule has 0 aliphatic carbocycles. The average Bonchev–Trinajstić information content (AvgIpc) is 2.92. The molecule has 0 saturated heterocycles. The van der Waals surface area contributed by atoms with Gasteiger partial charge in [0.05, 0.1) is 34.2 Å². The minimum absolute atomic E-state index is 0.151. The van der Waals surface area contributed by atoms with Crippen molar-refractivity contribution in [3.8, 4) is 0 Å². The Kier molecular flexibility index (Phi) is 29.2. The van der Waals surface area contributed by atoms with Crippen LogP contribution in [0.5, 0.6) is 0 Å². The lowest BCUT2D eigenvalue weighted by Crippen LogP contribution is -2.44. The van der Waals surface area contributed by atoms with Gasteiger partial charge in [-0.05, 0) is 12.8 Å². The van der Waals surface area contributed by atoms with E-state index < -0.39 is 6.10 Å². The normalized spacial score (nSPS) is 12.4. The van der Waals surface area contributed by atoms with E-state index >= 15 is 0 Å². The number of likely N-dealkylation sites (N-methyl/N-ethyl adjacent to an activating group) is 1. The molecule has 0 fully saturated rings. The van der Waals surface area contributed by atoms with Crippen LogP contribution >= 0.6 is 0 Å². The van der Waals surface area contributed by atoms with Gasteiger partial charge in [0.2, 0.25) is 0 Å². The first-order valence-corrected chi connectivity index (χ1v) is 18.4. The molecule has 0 spiro atoms. The fourth-order valence-electron chi connectivity index (χ4n) is 5.66. The van der Waals surface area contributed by atoms with Crippen LogP contribution in [-0.2, 0) is 19.1 Å². The van der Waals surface area contributed by atoms with E-state index in [-0.39, 0.29) is 18.4 Å². The Morgan fingerprint density at radius 2 is 0.857 bits per heavy atom. The van der Waals surface area contributed by atoms with Gasteiger partial charge in [-0.3, -0.25) is 9.59 Å². The molecule has 0 N–H and O–H groups in total. The van der Waals surface area contributed by atoms with Crippen molar-refractivity contribution in [2.24, 2.45) is 0 Å². The number of rotatable bonds is 32. The summed E-state index contributed by atoms with van der Waals surface area (Å²) in [5, 5.41) is 0. The predicted molar refractivity (Wildman–Crippen MR) is 180 cm³/mol. The van der Waals surface area contributed by atoms with E-state index in [2.05, 4.69) is 35.0 Å². The molecule has 0 saturated carbocycles. The van der Waals surface area contributed by atoms with Crippen LogP contribution in [0.25, 0.3) is 0 Å². The van der Waals surface area contributed by atoms with E-state index in [1.54, 1.807) is 0 Å². The summed E-state index contributed by atoms with van der Waals surface area (Å²) in [6.07, 6.45) is 32.4. The first-order chi connectivity index (χ1) is 20.3. The Bertz CT molecular complexity index is 557. The van der Waals surface area contributed by atoms with Crippen molar-refractivity contribution in [1.82, 2.24) is 0 Å². The molecule has 0 amide bonds. The fraction of sp³-hybridized carbons (Fsp3) is 0.946. The second-order valence-corrected chi connectivity index (χ2v) is 13.9. The van der Waals surface area contributed by atoms with E-state index in [0.717, 1.165) is 25.7 Å². The number of carbonyl (C=O) groups is 2. The Morgan fingerprint density at radius 1 is 0.500 bits per heavy atom. The Labute approximate surface area is 262 Å². The van der Waals surface area contributed by atoms with Gasteiger partial charge in [-0.2, -0.15) is 0 Å². The summed E-state index contributed by atoms with van der Waals surface area (Å²) >= 11 is 0. The third-order valence-corrected chi connectivity index (χ3v) is 8.19. The molecule has 42 heavy (non-hydrogen) atoms. The molecule has 0 aliphatic heterocycles. The van der Waals surface area contributed by atoms with E-state index in [9.17, 15) is 9.59 Å². The monoisotopic (exact) mass is 597 g/mol. The van der Waals surface area contributed by atoms with E-state index in [1.165, 1.54) is 135 Å². The van der Waals surface area contributed by atoms with Crippen molar-refractivity contribution in [2.75, 3.05) is 34.3 Å². The topological polar surface area (TPSA) is 52.6 Å². The zero-order valence-corrected chi connectivity index (χ0v) is 29.2. The molecule has 0 heterocycles. The Hall–Kier alpha value is -1.10. The average molecular weight is 597 g/mol. The number of carbonyl (C=O) groups excluding carboxylic acids is 2. The van der Waals surface area contributed by atoms with Gasteiger partial charge in [0.1, 0.15) is 6.54 Å². The van der Waals surface area contributed by atoms with Crippen molar-refractivity contribution in [3.63, 3.8) is 0 Å². The van der Waals surface area contributed by atoms with Crippen LogP contribution in [0.3, 0.4) is 0 Å². The van der Waals surface area contributed by atoms with Crippen LogP contribution in [0, 0.1) is 0 Å². The molecule has 1 atom stereocenters. The van der Waals surface area contributed by atoms with E-state index in [1.807, 2.05) is 0 Å². The van der Waals surface area contributed by atoms with Gasteiger partial charge in [0.15, 0.2) is 6.10 Å². The second kappa shape index (κ2) is 29.9. The first kappa shape index (κ1) is 40.9. The van der Waals surface area contributed by atoms with Gasteiger partial charge in [0.25, 0.3) is 0 Å². The first-order valence-electron chi connectivity index (χ1n) is 18.4. The minimum atomic E-state index is -0.422. The highest BCUT2D eigenvalue weighted by molar-refractivity contribution is 5.72. The molecule has 0 aromatic heterocycles. The lowest BCUT2D eigenvalue weighted by molar-refractivity contribution is -0.873. The van der Waals surface area contributed by atoms with Crippen LogP contribution in [0.1, 0.15) is 187 Å². The molecule has 0 rings (SSSR count). The molecule has 0 bridgehead atoms. The largest absolute Gasteiger partial charge is 0.466 e. The molecular weight excluding hydrogens is 522 g/mol. The van der Waals surface area contributed by atoms with Crippen molar-refractivity contribution < 1.29 is 23.5 Å². The summed E-state index contributed by atoms with van der Waals surface area (Å²) < 4.78 is 11.9. The summed E-state index contributed by atoms with van der Waals surface area (Å²) in [5.74, 6) is -0.421. The third kappa shape index (κ3) is 31.8. The van der Waals surface area contributed by atoms with Crippen molar-refractivity contribution in [3.05, 3.63) is 0 Å². The summed E-state index contributed by atoms with van der Waals surface area (Å²) in [5.41, 5.74) is 0. The standard InChI is InChI=1S/C37H74NO4/c1-6-8-10-12-14-16-18-20-21-23-25-27-29-31-36(39)42-35(34-38(3,4)5)33-37(40)41-32-30-28-26-24-22-19-17-15-13-11-9-7-2/h35H,6-34H2,1-5H3/q+1/t35-/m1/s1. The number of unbranched alkanes of at least 4 members (excludes halogenated alkanes) is 23. The van der Waals surface area contributed by atoms with Crippen LogP contribution < -0.4 is 0 Å². The lowest BCUT2D eigenvalue weighted by Gasteiger charge is -2.28. The van der Waals surface area contributed by atoms with Gasteiger partial charge >= 0.3 is 11.9 Å². The fourth-order valence-corrected chi connectivity index (χ4v) is 5.66. The van der Waals surface area contributed by atoms with Crippen molar-refractivity contribution in [1.29, 1.82) is 0 Å². The molecule has 250 valence electrons. The number of quaternary nitrogens is 1. The highest BCUT2D eigenvalue weighted by atomic mass is 16.6. The highest BCUT2D eigenvalue weighted by Crippen LogP contribution is 2.15. The van der Waals surface area contributed by atoms with E-state index in [4.69, 9.17) is 9.47 Å². The maximum atomic E-state index is 12.5. The number of hydrogen-bond acceptors (Lipinski definition) is 4. The summed E-state index contributed by atoms with van der Waals surface area (Å²) in [4.78, 5) is 25.0. The van der Waals surface area contributed by atoms with Crippen LogP contribution in [0.4, 0.5) is 0 Å². The molecular formula is C37H74NO4+. The quantitative estimate of drug-likeness (QED) is 0.0440. The zero-order valence-electron chi connectivity index (χ0n) is 29.2. The van der Waals surface area contributed by atoms with Gasteiger partial charge in [-0.15, -0.1) is 0 Å². The second-order valence-electron chi connectivity index (χ2n) is 13.9. The molecule has 0 aromatic rings. The number of nitrogens with zero attached hydrogens (tertiary/aromatic N) is 1. The van der Waals surface area contributed by atoms with Crippen molar-refractivity contribution in [2.45, 2.75) is 193 Å². The van der Waals surface area contributed by atoms with Crippen LogP contribution in [0.2, 0.25) is 0 Å². The number of hydrogen-bond donors (Lipinski definition) is 0. The van der Waals surface area contributed by atoms with Crippen molar-refractivity contribution >= 4 is 11.9 Å². The third-order valence-electron chi connectivity index (χ3n) is 8.19. The minimum Gasteiger partial charge on any atom is -0.466 e. The molecule has 5 nitrogen and oxygen atoms in total. The number of esters is 2. The number of ether oxygens (including phenoxy) is 2. The predicted octanol–water partition coefficient (Wildman–Crippen LogP) is 10.7. The maximum absolute atomic E-state index is 12.5. The van der Waals surface area contributed by atoms with Crippen LogP contribution in [0.15, 0.2) is 0 Å². The molecule has 0 radical (unpaired) electrons. The summed E-state index contributed by atoms with van der Waals surface area (Å²) in [6, 6.07) is 0. The van der Waals surface area contributed by atoms with Gasteiger partial charge in [-0.25, -0.2) is 0 Å². The molecule has 5 heteroatoms. The molecule has 0 aliphatic rings. The SMILES string of the molecule is CCCCCCCCCCCCCCCC(=O)O[C@H](CC(=O)OCCCCCCCCCCCCCC)C[N+](C)(C)C. The van der Waals surface area contributed by atoms with Gasteiger partial charge in [-0.1, -0.05) is 162 Å². The van der Waals surface area contributed by atoms with Gasteiger partial charge < -0.3 is 14.0 Å².